The van der Waals surface area contributed by atoms with Crippen LogP contribution in [0.3, 0.4) is 0 Å². The first-order valence-electron chi connectivity index (χ1n) is 10.7. The summed E-state index contributed by atoms with van der Waals surface area (Å²) in [6, 6.07) is 13.5. The summed E-state index contributed by atoms with van der Waals surface area (Å²) in [7, 11) is 0. The molecule has 6 nitrogen and oxygen atoms in total. The summed E-state index contributed by atoms with van der Waals surface area (Å²) in [5.74, 6) is -0.262. The highest BCUT2D eigenvalue weighted by molar-refractivity contribution is 5.95. The van der Waals surface area contributed by atoms with E-state index in [-0.39, 0.29) is 11.8 Å². The average molecular weight is 417 g/mol. The molecule has 2 rings (SSSR count). The van der Waals surface area contributed by atoms with Crippen LogP contribution in [0, 0.1) is 13.1 Å². The zero-order chi connectivity index (χ0) is 22.3. The Balaban J connectivity index is 1.46. The van der Waals surface area contributed by atoms with Gasteiger partial charge in [-0.05, 0) is 25.0 Å². The molecule has 2 aromatic rings. The van der Waals surface area contributed by atoms with Gasteiger partial charge in [-0.15, -0.1) is 0 Å². The van der Waals surface area contributed by atoms with Gasteiger partial charge in [0.15, 0.2) is 11.4 Å². The van der Waals surface area contributed by atoms with Crippen molar-refractivity contribution < 1.29 is 9.59 Å². The summed E-state index contributed by atoms with van der Waals surface area (Å²) < 4.78 is 0. The molecule has 6 heteroatoms. The Morgan fingerprint density at radius 3 is 1.42 bits per heavy atom. The van der Waals surface area contributed by atoms with Gasteiger partial charge in [-0.3, -0.25) is 9.59 Å². The third-order valence-corrected chi connectivity index (χ3v) is 4.90. The summed E-state index contributed by atoms with van der Waals surface area (Å²) in [4.78, 5) is 30.8. The number of hydrogen-bond acceptors (Lipinski definition) is 2. The van der Waals surface area contributed by atoms with E-state index in [1.165, 1.54) is 0 Å². The second kappa shape index (κ2) is 13.6. The number of unbranched alkanes of at least 4 members (excludes halogenated alkanes) is 6. The van der Waals surface area contributed by atoms with E-state index in [2.05, 4.69) is 20.3 Å². The number of nitrogens with zero attached hydrogens (tertiary/aromatic N) is 2. The van der Waals surface area contributed by atoms with Gasteiger partial charge in [-0.25, -0.2) is 9.69 Å². The molecule has 2 amide bonds. The van der Waals surface area contributed by atoms with E-state index >= 15 is 0 Å². The van der Waals surface area contributed by atoms with Crippen molar-refractivity contribution in [1.29, 1.82) is 0 Å². The number of hydrogen-bond donors (Lipinski definition) is 2. The van der Waals surface area contributed by atoms with Crippen LogP contribution >= 0.6 is 0 Å². The topological polar surface area (TPSA) is 66.9 Å². The second-order valence-corrected chi connectivity index (χ2v) is 7.31. The number of carbonyl (C=O) groups is 2. The Labute approximate surface area is 184 Å². The average Bonchev–Trinajstić information content (AvgIpc) is 2.82. The molecule has 0 saturated heterocycles. The quantitative estimate of drug-likeness (QED) is 0.345. The van der Waals surface area contributed by atoms with Gasteiger partial charge >= 0.3 is 0 Å². The highest BCUT2D eigenvalue weighted by Crippen LogP contribution is 2.14. The lowest BCUT2D eigenvalue weighted by atomic mass is 10.1. The van der Waals surface area contributed by atoms with Crippen molar-refractivity contribution >= 4 is 23.2 Å². The van der Waals surface area contributed by atoms with Crippen LogP contribution in [0.25, 0.3) is 9.69 Å². The zero-order valence-electron chi connectivity index (χ0n) is 17.7. The summed E-state index contributed by atoms with van der Waals surface area (Å²) in [5.41, 5.74) is 2.00. The van der Waals surface area contributed by atoms with Crippen molar-refractivity contribution in [2.24, 2.45) is 0 Å². The molecule has 0 unspecified atom stereocenters. The van der Waals surface area contributed by atoms with E-state index in [1.54, 1.807) is 48.5 Å². The van der Waals surface area contributed by atoms with Crippen LogP contribution in [-0.2, 0) is 0 Å². The minimum atomic E-state index is -0.131. The lowest BCUT2D eigenvalue weighted by Gasteiger charge is -2.07. The van der Waals surface area contributed by atoms with Gasteiger partial charge in [0.1, 0.15) is 0 Å². The molecular weight excluding hydrogens is 388 g/mol. The maximum atomic E-state index is 12.1. The summed E-state index contributed by atoms with van der Waals surface area (Å²) in [5, 5.41) is 5.80. The van der Waals surface area contributed by atoms with Crippen molar-refractivity contribution in [1.82, 2.24) is 10.6 Å². The molecule has 0 aliphatic rings. The fourth-order valence-corrected chi connectivity index (χ4v) is 3.18. The molecule has 160 valence electrons. The monoisotopic (exact) mass is 416 g/mol. The second-order valence-electron chi connectivity index (χ2n) is 7.31. The predicted octanol–water partition coefficient (Wildman–Crippen LogP) is 5.68. The summed E-state index contributed by atoms with van der Waals surface area (Å²) in [6.45, 7) is 15.3. The first kappa shape index (κ1) is 23.6. The minimum Gasteiger partial charge on any atom is -0.352 e. The van der Waals surface area contributed by atoms with Crippen LogP contribution in [0.5, 0.6) is 0 Å². The largest absolute Gasteiger partial charge is 0.352 e. The fourth-order valence-electron chi connectivity index (χ4n) is 3.18. The van der Waals surface area contributed by atoms with Crippen LogP contribution in [-0.4, -0.2) is 24.9 Å². The van der Waals surface area contributed by atoms with E-state index in [4.69, 9.17) is 13.1 Å². The maximum absolute atomic E-state index is 12.1. The molecule has 0 aliphatic carbocycles. The maximum Gasteiger partial charge on any atom is 0.250 e. The zero-order valence-corrected chi connectivity index (χ0v) is 17.7. The highest BCUT2D eigenvalue weighted by atomic mass is 16.2. The predicted molar refractivity (Wildman–Crippen MR) is 122 cm³/mol. The third kappa shape index (κ3) is 8.72. The lowest BCUT2D eigenvalue weighted by molar-refractivity contribution is 0.0945. The summed E-state index contributed by atoms with van der Waals surface area (Å²) >= 11 is 0. The van der Waals surface area contributed by atoms with Gasteiger partial charge in [-0.1, -0.05) is 68.5 Å². The number of nitrogens with one attached hydrogen (secondary N) is 2. The molecular formula is C25H28N4O2. The molecule has 0 atom stereocenters. The molecule has 0 radical (unpaired) electrons. The van der Waals surface area contributed by atoms with Crippen LogP contribution in [0.4, 0.5) is 11.4 Å². The number of amides is 2. The SMILES string of the molecule is [C-]#[N+]c1cccc(C(=O)NCCCCCCCCCNC(=O)c2cccc([N+]#[C-])c2)c1. The third-order valence-electron chi connectivity index (χ3n) is 4.90. The highest BCUT2D eigenvalue weighted by Gasteiger charge is 2.06. The van der Waals surface area contributed by atoms with Crippen LogP contribution in [0.2, 0.25) is 0 Å². The van der Waals surface area contributed by atoms with Crippen LogP contribution in [0.1, 0.15) is 65.7 Å². The van der Waals surface area contributed by atoms with Gasteiger partial charge in [0, 0.05) is 24.2 Å². The molecule has 0 saturated carbocycles. The molecule has 0 aromatic heterocycles. The van der Waals surface area contributed by atoms with Crippen molar-refractivity contribution in [3.8, 4) is 0 Å². The number of carbonyl (C=O) groups excluding carboxylic acids is 2. The lowest BCUT2D eigenvalue weighted by Crippen LogP contribution is -2.24. The van der Waals surface area contributed by atoms with Gasteiger partial charge < -0.3 is 10.6 Å². The first-order chi connectivity index (χ1) is 15.1. The van der Waals surface area contributed by atoms with E-state index in [0.29, 0.717) is 35.6 Å². The molecule has 0 fully saturated rings. The Bertz CT molecular complexity index is 879. The van der Waals surface area contributed by atoms with E-state index < -0.39 is 0 Å². The van der Waals surface area contributed by atoms with Crippen molar-refractivity contribution in [3.05, 3.63) is 82.5 Å². The van der Waals surface area contributed by atoms with E-state index in [0.717, 1.165) is 44.9 Å². The Hall–Kier alpha value is -3.64. The fraction of sp³-hybridized carbons (Fsp3) is 0.360. The van der Waals surface area contributed by atoms with Gasteiger partial charge in [0.05, 0.1) is 13.1 Å². The summed E-state index contributed by atoms with van der Waals surface area (Å²) in [6.07, 6.45) is 7.40. The van der Waals surface area contributed by atoms with Gasteiger partial charge in [-0.2, -0.15) is 0 Å². The van der Waals surface area contributed by atoms with E-state index in [9.17, 15) is 9.59 Å². The molecule has 0 bridgehead atoms. The first-order valence-corrected chi connectivity index (χ1v) is 10.7. The Morgan fingerprint density at radius 2 is 1.03 bits per heavy atom. The molecule has 0 heterocycles. The Kier molecular flexibility index (Phi) is 10.3. The normalized spacial score (nSPS) is 10.0. The van der Waals surface area contributed by atoms with Gasteiger partial charge in [0.25, 0.3) is 0 Å². The van der Waals surface area contributed by atoms with E-state index in [1.807, 2.05) is 0 Å². The molecule has 31 heavy (non-hydrogen) atoms. The minimum absolute atomic E-state index is 0.131. The number of rotatable bonds is 12. The number of benzene rings is 2. The van der Waals surface area contributed by atoms with Crippen LogP contribution < -0.4 is 10.6 Å². The molecule has 0 aliphatic heterocycles. The van der Waals surface area contributed by atoms with Crippen molar-refractivity contribution in [2.75, 3.05) is 13.1 Å². The van der Waals surface area contributed by atoms with Crippen molar-refractivity contribution in [2.45, 2.75) is 44.9 Å². The Morgan fingerprint density at radius 1 is 0.645 bits per heavy atom. The molecule has 2 aromatic carbocycles. The van der Waals surface area contributed by atoms with Crippen LogP contribution in [0.15, 0.2) is 48.5 Å². The van der Waals surface area contributed by atoms with Crippen molar-refractivity contribution in [3.63, 3.8) is 0 Å². The molecule has 0 spiro atoms. The standard InChI is InChI=1S/C25H28N4O2/c1-26-22-14-10-12-20(18-22)24(30)28-16-8-6-4-3-5-7-9-17-29-25(31)21-13-11-15-23(19-21)27-2/h10-15,18-19H,3-9,16-17H2,(H,28,30)(H,29,31). The molecule has 2 N–H and O–H groups in total. The smallest absolute Gasteiger partial charge is 0.250 e. The van der Waals surface area contributed by atoms with Gasteiger partial charge in [0.2, 0.25) is 11.8 Å².